The van der Waals surface area contributed by atoms with E-state index in [1.54, 1.807) is 36.3 Å². The number of ether oxygens (including phenoxy) is 2. The van der Waals surface area contributed by atoms with E-state index < -0.39 is 6.67 Å². The zero-order valence-electron chi connectivity index (χ0n) is 15.2. The summed E-state index contributed by atoms with van der Waals surface area (Å²) in [5.41, 5.74) is 0. The predicted molar refractivity (Wildman–Crippen MR) is 95.6 cm³/mol. The van der Waals surface area contributed by atoms with Crippen LogP contribution in [-0.2, 0) is 4.79 Å². The van der Waals surface area contributed by atoms with Gasteiger partial charge < -0.3 is 14.4 Å². The minimum atomic E-state index is -0.493. The number of methoxy groups -OCH3 is 1. The molecule has 2 atom stereocenters. The quantitative estimate of drug-likeness (QED) is 0.804. The number of benzene rings is 1. The zero-order valence-corrected chi connectivity index (χ0v) is 15.2. The summed E-state index contributed by atoms with van der Waals surface area (Å²) >= 11 is 0. The normalized spacial score (nSPS) is 22.1. The van der Waals surface area contributed by atoms with Gasteiger partial charge in [-0.25, -0.2) is 4.98 Å². The Morgan fingerprint density at radius 1 is 1.26 bits per heavy atom. The first-order chi connectivity index (χ1) is 13.2. The number of hydrogen-bond donors (Lipinski definition) is 1. The minimum absolute atomic E-state index is 0.0816. The van der Waals surface area contributed by atoms with Crippen molar-refractivity contribution in [3.63, 3.8) is 0 Å². The van der Waals surface area contributed by atoms with E-state index in [1.807, 2.05) is 0 Å². The van der Waals surface area contributed by atoms with Gasteiger partial charge in [0.2, 0.25) is 0 Å². The Kier molecular flexibility index (Phi) is 4.96. The zero-order chi connectivity index (χ0) is 18.8. The number of nitrogens with zero attached hydrogens (tertiary/aromatic N) is 3. The number of rotatable bonds is 7. The number of hydrogen-bond acceptors (Lipinski definition) is 5. The maximum Gasteiger partial charge on any atom is 0.260 e. The molecule has 0 bridgehead atoms. The lowest BCUT2D eigenvalue weighted by Crippen LogP contribution is -2.33. The second-order valence-corrected chi connectivity index (χ2v) is 7.14. The summed E-state index contributed by atoms with van der Waals surface area (Å²) in [6.07, 6.45) is 2.23. The summed E-state index contributed by atoms with van der Waals surface area (Å²) < 4.78 is 24.2. The van der Waals surface area contributed by atoms with Crippen molar-refractivity contribution in [3.05, 3.63) is 35.9 Å². The molecule has 2 fully saturated rings. The molecule has 1 saturated carbocycles. The van der Waals surface area contributed by atoms with Gasteiger partial charge in [-0.15, -0.1) is 0 Å². The molecule has 0 unspecified atom stereocenters. The van der Waals surface area contributed by atoms with Crippen molar-refractivity contribution in [2.75, 3.05) is 33.5 Å². The predicted octanol–water partition coefficient (Wildman–Crippen LogP) is 2.28. The number of alkyl halides is 1. The maximum absolute atomic E-state index is 13.5. The van der Waals surface area contributed by atoms with Crippen LogP contribution in [0.15, 0.2) is 24.3 Å². The van der Waals surface area contributed by atoms with Crippen LogP contribution in [0.2, 0.25) is 0 Å². The highest BCUT2D eigenvalue weighted by atomic mass is 19.1. The van der Waals surface area contributed by atoms with Gasteiger partial charge >= 0.3 is 0 Å². The number of carbonyl (C=O) groups excluding carboxylic acids is 1. The minimum Gasteiger partial charge on any atom is -0.497 e. The van der Waals surface area contributed by atoms with Crippen LogP contribution in [-0.4, -0.2) is 59.5 Å². The SMILES string of the molecule is COc1ccc(OCC(=O)N2C[C@@H](CF)[C@H](c3nc(C4CC4)n[nH]3)C2)cc1. The molecule has 1 saturated heterocycles. The van der Waals surface area contributed by atoms with Crippen LogP contribution >= 0.6 is 0 Å². The highest BCUT2D eigenvalue weighted by Gasteiger charge is 2.39. The van der Waals surface area contributed by atoms with Crippen molar-refractivity contribution in [1.82, 2.24) is 20.1 Å². The molecular formula is C19H23FN4O3. The fourth-order valence-electron chi connectivity index (χ4n) is 3.43. The molecule has 144 valence electrons. The second-order valence-electron chi connectivity index (χ2n) is 7.14. The average Bonchev–Trinajstić information content (AvgIpc) is 3.28. The van der Waals surface area contributed by atoms with E-state index in [0.717, 1.165) is 24.4 Å². The largest absolute Gasteiger partial charge is 0.497 e. The van der Waals surface area contributed by atoms with Gasteiger partial charge in [-0.2, -0.15) is 5.10 Å². The summed E-state index contributed by atoms with van der Waals surface area (Å²) in [6.45, 7) is 0.221. The van der Waals surface area contributed by atoms with Gasteiger partial charge in [-0.1, -0.05) is 0 Å². The van der Waals surface area contributed by atoms with Crippen molar-refractivity contribution >= 4 is 5.91 Å². The molecule has 7 nitrogen and oxygen atoms in total. The Bertz CT molecular complexity index is 791. The third kappa shape index (κ3) is 3.89. The van der Waals surface area contributed by atoms with E-state index in [9.17, 15) is 9.18 Å². The van der Waals surface area contributed by atoms with Crippen molar-refractivity contribution in [2.45, 2.75) is 24.7 Å². The Labute approximate surface area is 156 Å². The summed E-state index contributed by atoms with van der Waals surface area (Å²) in [5, 5.41) is 7.21. The van der Waals surface area contributed by atoms with Gasteiger partial charge in [0, 0.05) is 30.8 Å². The number of likely N-dealkylation sites (tertiary alicyclic amines) is 1. The molecule has 1 N–H and O–H groups in total. The summed E-state index contributed by atoms with van der Waals surface area (Å²) in [7, 11) is 1.59. The lowest BCUT2D eigenvalue weighted by molar-refractivity contribution is -0.132. The number of H-pyrrole nitrogens is 1. The van der Waals surface area contributed by atoms with E-state index >= 15 is 0 Å². The highest BCUT2D eigenvalue weighted by Crippen LogP contribution is 2.39. The number of halogens is 1. The van der Waals surface area contributed by atoms with Crippen LogP contribution < -0.4 is 9.47 Å². The Morgan fingerprint density at radius 3 is 2.67 bits per heavy atom. The Balaban J connectivity index is 1.35. The third-order valence-corrected chi connectivity index (χ3v) is 5.23. The monoisotopic (exact) mass is 374 g/mol. The molecule has 2 aromatic rings. The van der Waals surface area contributed by atoms with Gasteiger partial charge in [0.15, 0.2) is 12.4 Å². The van der Waals surface area contributed by atoms with Crippen molar-refractivity contribution in [2.24, 2.45) is 5.92 Å². The van der Waals surface area contributed by atoms with Crippen LogP contribution in [0.3, 0.4) is 0 Å². The molecule has 8 heteroatoms. The average molecular weight is 374 g/mol. The third-order valence-electron chi connectivity index (χ3n) is 5.23. The van der Waals surface area contributed by atoms with Crippen molar-refractivity contribution < 1.29 is 18.7 Å². The first-order valence-corrected chi connectivity index (χ1v) is 9.20. The standard InChI is InChI=1S/C19H23FN4O3/c1-26-14-4-6-15(7-5-14)27-11-17(25)24-9-13(8-20)16(10-24)19-21-18(22-23-19)12-2-3-12/h4-7,12-13,16H,2-3,8-11H2,1H3,(H,21,22,23)/t13-,16-/m1/s1. The maximum atomic E-state index is 13.5. The molecule has 1 amide bonds. The topological polar surface area (TPSA) is 80.3 Å². The van der Waals surface area contributed by atoms with E-state index in [0.29, 0.717) is 30.6 Å². The lowest BCUT2D eigenvalue weighted by Gasteiger charge is -2.16. The van der Waals surface area contributed by atoms with E-state index in [-0.39, 0.29) is 24.3 Å². The number of aromatic nitrogens is 3. The van der Waals surface area contributed by atoms with Gasteiger partial charge in [-0.3, -0.25) is 14.3 Å². The smallest absolute Gasteiger partial charge is 0.260 e. The summed E-state index contributed by atoms with van der Waals surface area (Å²) in [4.78, 5) is 18.7. The number of amides is 1. The van der Waals surface area contributed by atoms with Crippen LogP contribution in [0.1, 0.15) is 36.3 Å². The van der Waals surface area contributed by atoms with Crippen molar-refractivity contribution in [1.29, 1.82) is 0 Å². The molecule has 0 radical (unpaired) electrons. The fourth-order valence-corrected chi connectivity index (χ4v) is 3.43. The van der Waals surface area contributed by atoms with Gasteiger partial charge in [0.1, 0.15) is 17.3 Å². The number of nitrogens with one attached hydrogen (secondary N) is 1. The van der Waals surface area contributed by atoms with Crippen LogP contribution in [0.25, 0.3) is 0 Å². The first-order valence-electron chi connectivity index (χ1n) is 9.20. The molecule has 1 aromatic carbocycles. The molecule has 1 aliphatic heterocycles. The highest BCUT2D eigenvalue weighted by molar-refractivity contribution is 5.78. The molecule has 4 rings (SSSR count). The number of carbonyl (C=O) groups is 1. The van der Waals surface area contributed by atoms with E-state index in [1.165, 1.54) is 0 Å². The molecule has 2 aliphatic rings. The molecule has 27 heavy (non-hydrogen) atoms. The van der Waals surface area contributed by atoms with Gasteiger partial charge in [-0.05, 0) is 37.1 Å². The van der Waals surface area contributed by atoms with Crippen LogP contribution in [0, 0.1) is 5.92 Å². The van der Waals surface area contributed by atoms with E-state index in [4.69, 9.17) is 9.47 Å². The molecule has 1 aliphatic carbocycles. The fraction of sp³-hybridized carbons (Fsp3) is 0.526. The number of aromatic amines is 1. The van der Waals surface area contributed by atoms with E-state index in [2.05, 4.69) is 15.2 Å². The molecular weight excluding hydrogens is 351 g/mol. The summed E-state index contributed by atoms with van der Waals surface area (Å²) in [5.74, 6) is 2.67. The Morgan fingerprint density at radius 2 is 2.00 bits per heavy atom. The summed E-state index contributed by atoms with van der Waals surface area (Å²) in [6, 6.07) is 7.03. The second kappa shape index (κ2) is 7.54. The molecule has 1 aromatic heterocycles. The molecule has 0 spiro atoms. The first kappa shape index (κ1) is 17.8. The van der Waals surface area contributed by atoms with Gasteiger partial charge in [0.05, 0.1) is 13.8 Å². The van der Waals surface area contributed by atoms with Crippen LogP contribution in [0.4, 0.5) is 4.39 Å². The molecule has 2 heterocycles. The van der Waals surface area contributed by atoms with Gasteiger partial charge in [0.25, 0.3) is 5.91 Å². The van der Waals surface area contributed by atoms with Crippen LogP contribution in [0.5, 0.6) is 11.5 Å². The Hall–Kier alpha value is -2.64. The lowest BCUT2D eigenvalue weighted by atomic mass is 9.97. The van der Waals surface area contributed by atoms with Crippen molar-refractivity contribution in [3.8, 4) is 11.5 Å².